The average molecular weight is 262 g/mol. The molecule has 3 rings (SSSR count). The fourth-order valence-electron chi connectivity index (χ4n) is 3.37. The van der Waals surface area contributed by atoms with Gasteiger partial charge in [-0.3, -0.25) is 0 Å². The van der Waals surface area contributed by atoms with Crippen molar-refractivity contribution in [1.82, 2.24) is 0 Å². The van der Waals surface area contributed by atoms with E-state index >= 15 is 0 Å². The normalized spacial score (nSPS) is 15.8. The lowest BCUT2D eigenvalue weighted by atomic mass is 9.68. The summed E-state index contributed by atoms with van der Waals surface area (Å²) >= 11 is 0. The van der Waals surface area contributed by atoms with Crippen molar-refractivity contribution >= 4 is 0 Å². The Labute approximate surface area is 122 Å². The number of rotatable bonds is 3. The van der Waals surface area contributed by atoms with Gasteiger partial charge in [-0.25, -0.2) is 0 Å². The molecule has 0 aliphatic heterocycles. The van der Waals surface area contributed by atoms with Crippen LogP contribution in [0.2, 0.25) is 0 Å². The van der Waals surface area contributed by atoms with Crippen LogP contribution in [-0.4, -0.2) is 0 Å². The number of hydrogen-bond acceptors (Lipinski definition) is 0. The molecule has 0 unspecified atom stereocenters. The van der Waals surface area contributed by atoms with Crippen molar-refractivity contribution in [3.8, 4) is 0 Å². The van der Waals surface area contributed by atoms with Gasteiger partial charge in [-0.15, -0.1) is 0 Å². The zero-order chi connectivity index (χ0) is 13.8. The first-order valence-corrected chi connectivity index (χ1v) is 7.62. The molecule has 0 spiro atoms. The molecular weight excluding hydrogens is 240 g/mol. The van der Waals surface area contributed by atoms with Gasteiger partial charge in [0.1, 0.15) is 0 Å². The molecule has 102 valence electrons. The highest BCUT2D eigenvalue weighted by atomic mass is 14.4. The largest absolute Gasteiger partial charge is 0.0841 e. The molecule has 20 heavy (non-hydrogen) atoms. The van der Waals surface area contributed by atoms with Crippen molar-refractivity contribution in [2.24, 2.45) is 0 Å². The van der Waals surface area contributed by atoms with E-state index in [4.69, 9.17) is 0 Å². The van der Waals surface area contributed by atoms with Crippen molar-refractivity contribution in [3.63, 3.8) is 0 Å². The van der Waals surface area contributed by atoms with Gasteiger partial charge in [-0.05, 0) is 43.7 Å². The maximum atomic E-state index is 2.48. The van der Waals surface area contributed by atoms with Crippen molar-refractivity contribution in [2.75, 3.05) is 0 Å². The lowest BCUT2D eigenvalue weighted by Crippen LogP contribution is -2.27. The second-order valence-electron chi connectivity index (χ2n) is 5.83. The van der Waals surface area contributed by atoms with E-state index in [1.807, 2.05) is 0 Å². The van der Waals surface area contributed by atoms with Gasteiger partial charge < -0.3 is 0 Å². The summed E-state index contributed by atoms with van der Waals surface area (Å²) in [5.74, 6) is 0. The predicted octanol–water partition coefficient (Wildman–Crippen LogP) is 5.49. The molecule has 0 nitrogen and oxygen atoms in total. The Bertz CT molecular complexity index is 538. The highest BCUT2D eigenvalue weighted by molar-refractivity contribution is 5.47. The minimum atomic E-state index is 0.0168. The fourth-order valence-corrected chi connectivity index (χ4v) is 3.37. The minimum absolute atomic E-state index is 0.0168. The number of benzene rings is 2. The number of hydrogen-bond donors (Lipinski definition) is 0. The molecule has 0 heteroatoms. The third kappa shape index (κ3) is 2.31. The van der Waals surface area contributed by atoms with E-state index in [1.54, 1.807) is 5.57 Å². The molecule has 0 atom stereocenters. The highest BCUT2D eigenvalue weighted by Crippen LogP contribution is 2.42. The van der Waals surface area contributed by atoms with Gasteiger partial charge in [-0.1, -0.05) is 72.3 Å². The van der Waals surface area contributed by atoms with Gasteiger partial charge in [0.25, 0.3) is 0 Å². The molecule has 0 bridgehead atoms. The number of allylic oxidation sites excluding steroid dienone is 2. The molecule has 0 saturated carbocycles. The molecular formula is C20H22. The van der Waals surface area contributed by atoms with Crippen LogP contribution in [0, 0.1) is 0 Å². The summed E-state index contributed by atoms with van der Waals surface area (Å²) in [5.41, 5.74) is 4.41. The van der Waals surface area contributed by atoms with E-state index in [0.29, 0.717) is 0 Å². The first-order valence-electron chi connectivity index (χ1n) is 7.62. The van der Waals surface area contributed by atoms with E-state index in [9.17, 15) is 0 Å². The Kier molecular flexibility index (Phi) is 3.73. The van der Waals surface area contributed by atoms with Crippen LogP contribution in [0.1, 0.15) is 43.7 Å². The monoisotopic (exact) mass is 262 g/mol. The minimum Gasteiger partial charge on any atom is -0.0841 e. The molecule has 2 aromatic rings. The van der Waals surface area contributed by atoms with Crippen LogP contribution in [0.3, 0.4) is 0 Å². The summed E-state index contributed by atoms with van der Waals surface area (Å²) in [6.45, 7) is 2.38. The zero-order valence-electron chi connectivity index (χ0n) is 12.2. The van der Waals surface area contributed by atoms with E-state index in [-0.39, 0.29) is 5.41 Å². The lowest BCUT2D eigenvalue weighted by molar-refractivity contribution is 0.579. The second kappa shape index (κ2) is 5.66. The van der Waals surface area contributed by atoms with Crippen LogP contribution in [0.15, 0.2) is 72.3 Å². The summed E-state index contributed by atoms with van der Waals surface area (Å²) in [7, 11) is 0. The quantitative estimate of drug-likeness (QED) is 0.641. The molecule has 1 aliphatic carbocycles. The molecule has 0 radical (unpaired) electrons. The average Bonchev–Trinajstić information content (AvgIpc) is 2.56. The summed E-state index contributed by atoms with van der Waals surface area (Å²) < 4.78 is 0. The van der Waals surface area contributed by atoms with Gasteiger partial charge in [0.15, 0.2) is 0 Å². The maximum absolute atomic E-state index is 2.48. The predicted molar refractivity (Wildman–Crippen MR) is 85.9 cm³/mol. The molecule has 0 amide bonds. The van der Waals surface area contributed by atoms with Gasteiger partial charge in [-0.2, -0.15) is 0 Å². The topological polar surface area (TPSA) is 0 Å². The van der Waals surface area contributed by atoms with Crippen LogP contribution < -0.4 is 0 Å². The maximum Gasteiger partial charge on any atom is 0.0382 e. The van der Waals surface area contributed by atoms with Crippen LogP contribution in [0.25, 0.3) is 0 Å². The molecule has 0 fully saturated rings. The Balaban J connectivity index is 2.15. The Morgan fingerprint density at radius 3 is 1.75 bits per heavy atom. The molecule has 0 heterocycles. The fraction of sp³-hybridized carbons (Fsp3) is 0.300. The van der Waals surface area contributed by atoms with Gasteiger partial charge in [0.2, 0.25) is 0 Å². The Morgan fingerprint density at radius 2 is 1.30 bits per heavy atom. The van der Waals surface area contributed by atoms with Crippen molar-refractivity contribution in [2.45, 2.75) is 38.0 Å². The van der Waals surface area contributed by atoms with Gasteiger partial charge in [0.05, 0.1) is 0 Å². The Morgan fingerprint density at radius 1 is 0.750 bits per heavy atom. The molecule has 0 saturated heterocycles. The third-order valence-electron chi connectivity index (χ3n) is 4.64. The van der Waals surface area contributed by atoms with Gasteiger partial charge >= 0.3 is 0 Å². The van der Waals surface area contributed by atoms with Gasteiger partial charge in [0, 0.05) is 5.41 Å². The van der Waals surface area contributed by atoms with Crippen LogP contribution in [-0.2, 0) is 5.41 Å². The zero-order valence-corrected chi connectivity index (χ0v) is 12.2. The lowest BCUT2D eigenvalue weighted by Gasteiger charge is -2.35. The van der Waals surface area contributed by atoms with Crippen molar-refractivity contribution in [1.29, 1.82) is 0 Å². The van der Waals surface area contributed by atoms with E-state index in [0.717, 1.165) is 0 Å². The smallest absolute Gasteiger partial charge is 0.0382 e. The summed E-state index contributed by atoms with van der Waals surface area (Å²) in [5, 5.41) is 0. The first kappa shape index (κ1) is 13.2. The second-order valence-corrected chi connectivity index (χ2v) is 5.83. The molecule has 0 N–H and O–H groups in total. The van der Waals surface area contributed by atoms with Crippen molar-refractivity contribution < 1.29 is 0 Å². The molecule has 1 aliphatic rings. The molecule has 2 aromatic carbocycles. The van der Waals surface area contributed by atoms with E-state index in [1.165, 1.54) is 36.8 Å². The van der Waals surface area contributed by atoms with E-state index in [2.05, 4.69) is 73.7 Å². The van der Waals surface area contributed by atoms with Crippen LogP contribution >= 0.6 is 0 Å². The van der Waals surface area contributed by atoms with E-state index < -0.39 is 0 Å². The SMILES string of the molecule is CC(C1=CCCCC1)(c1ccccc1)c1ccccc1. The summed E-state index contributed by atoms with van der Waals surface area (Å²) in [4.78, 5) is 0. The standard InChI is InChI=1S/C20H22/c1-20(17-11-5-2-6-12-17,18-13-7-3-8-14-18)19-15-9-4-10-16-19/h2-3,5-8,11-15H,4,9-10,16H2,1H3. The van der Waals surface area contributed by atoms with Crippen molar-refractivity contribution in [3.05, 3.63) is 83.4 Å². The highest BCUT2D eigenvalue weighted by Gasteiger charge is 2.32. The third-order valence-corrected chi connectivity index (χ3v) is 4.64. The Hall–Kier alpha value is -1.82. The summed E-state index contributed by atoms with van der Waals surface area (Å²) in [6.07, 6.45) is 7.58. The molecule has 0 aromatic heterocycles. The van der Waals surface area contributed by atoms with Crippen LogP contribution in [0.4, 0.5) is 0 Å². The van der Waals surface area contributed by atoms with Crippen LogP contribution in [0.5, 0.6) is 0 Å². The first-order chi connectivity index (χ1) is 9.82. The summed E-state index contributed by atoms with van der Waals surface area (Å²) in [6, 6.07) is 21.9.